The van der Waals surface area contributed by atoms with Crippen molar-refractivity contribution in [3.8, 4) is 0 Å². The smallest absolute Gasteiger partial charge is 0.0249 e. The topological polar surface area (TPSA) is 43.1 Å². The second kappa shape index (κ2) is 11.6. The normalized spacial score (nSPS) is 14.9. The minimum atomic E-state index is -0.629. The third-order valence-electron chi connectivity index (χ3n) is 2.78. The van der Waals surface area contributed by atoms with Gasteiger partial charge in [-0.3, -0.25) is 4.21 Å². The average molecular weight is 247 g/mol. The predicted octanol–water partition coefficient (Wildman–Crippen LogP) is 3.22. The molecule has 2 N–H and O–H groups in total. The maximum absolute atomic E-state index is 11.5. The standard InChI is InChI=1S/C13H29NOS/c1-3-4-5-6-7-8-9-11-16(15)12-10-13(2)14/h13H,3-12,14H2,1-2H3. The highest BCUT2D eigenvalue weighted by Gasteiger charge is 2.01. The van der Waals surface area contributed by atoms with Gasteiger partial charge in [0.15, 0.2) is 0 Å². The van der Waals surface area contributed by atoms with Gasteiger partial charge >= 0.3 is 0 Å². The van der Waals surface area contributed by atoms with Gasteiger partial charge < -0.3 is 5.73 Å². The summed E-state index contributed by atoms with van der Waals surface area (Å²) in [7, 11) is -0.629. The van der Waals surface area contributed by atoms with Crippen LogP contribution in [-0.2, 0) is 10.8 Å². The van der Waals surface area contributed by atoms with Crippen LogP contribution in [0.5, 0.6) is 0 Å². The third-order valence-corrected chi connectivity index (χ3v) is 4.21. The summed E-state index contributed by atoms with van der Waals surface area (Å²) in [6, 6.07) is 0.193. The molecule has 0 aliphatic heterocycles. The maximum Gasteiger partial charge on any atom is 0.0249 e. The van der Waals surface area contributed by atoms with Crippen LogP contribution >= 0.6 is 0 Å². The first-order valence-electron chi connectivity index (χ1n) is 6.77. The van der Waals surface area contributed by atoms with E-state index in [1.165, 1.54) is 38.5 Å². The lowest BCUT2D eigenvalue weighted by molar-refractivity contribution is 0.600. The van der Waals surface area contributed by atoms with E-state index in [1.54, 1.807) is 0 Å². The van der Waals surface area contributed by atoms with E-state index >= 15 is 0 Å². The lowest BCUT2D eigenvalue weighted by Crippen LogP contribution is -2.18. The van der Waals surface area contributed by atoms with Gasteiger partial charge in [0.25, 0.3) is 0 Å². The molecule has 0 aromatic carbocycles. The van der Waals surface area contributed by atoms with Crippen molar-refractivity contribution in [2.75, 3.05) is 11.5 Å². The molecule has 0 aromatic heterocycles. The van der Waals surface area contributed by atoms with E-state index in [4.69, 9.17) is 5.73 Å². The molecule has 98 valence electrons. The van der Waals surface area contributed by atoms with Crippen LogP contribution in [-0.4, -0.2) is 21.8 Å². The van der Waals surface area contributed by atoms with Crippen LogP contribution < -0.4 is 5.73 Å². The molecule has 16 heavy (non-hydrogen) atoms. The number of hydrogen-bond donors (Lipinski definition) is 1. The van der Waals surface area contributed by atoms with Gasteiger partial charge in [-0.25, -0.2) is 0 Å². The number of nitrogens with two attached hydrogens (primary N) is 1. The Morgan fingerprint density at radius 3 is 2.12 bits per heavy atom. The summed E-state index contributed by atoms with van der Waals surface area (Å²) in [4.78, 5) is 0. The Bertz CT molecular complexity index is 171. The van der Waals surface area contributed by atoms with Gasteiger partial charge in [-0.1, -0.05) is 45.4 Å². The zero-order chi connectivity index (χ0) is 12.2. The fraction of sp³-hybridized carbons (Fsp3) is 1.00. The Labute approximate surface area is 104 Å². The van der Waals surface area contributed by atoms with Crippen LogP contribution in [0.15, 0.2) is 0 Å². The monoisotopic (exact) mass is 247 g/mol. The summed E-state index contributed by atoms with van der Waals surface area (Å²) < 4.78 is 11.5. The van der Waals surface area contributed by atoms with Gasteiger partial charge in [-0.15, -0.1) is 0 Å². The van der Waals surface area contributed by atoms with Crippen molar-refractivity contribution < 1.29 is 4.21 Å². The molecule has 0 aliphatic rings. The van der Waals surface area contributed by atoms with Crippen molar-refractivity contribution >= 4 is 10.8 Å². The van der Waals surface area contributed by atoms with Gasteiger partial charge in [0, 0.05) is 28.3 Å². The van der Waals surface area contributed by atoms with Crippen LogP contribution in [0.1, 0.15) is 65.2 Å². The van der Waals surface area contributed by atoms with E-state index in [2.05, 4.69) is 6.92 Å². The Balaban J connectivity index is 3.15. The molecule has 0 radical (unpaired) electrons. The Hall–Kier alpha value is 0.110. The minimum Gasteiger partial charge on any atom is -0.328 e. The molecule has 0 spiro atoms. The number of unbranched alkanes of at least 4 members (excludes halogenated alkanes) is 6. The summed E-state index contributed by atoms with van der Waals surface area (Å²) in [6.07, 6.45) is 9.95. The lowest BCUT2D eigenvalue weighted by Gasteiger charge is -2.05. The molecular weight excluding hydrogens is 218 g/mol. The van der Waals surface area contributed by atoms with Crippen molar-refractivity contribution in [2.24, 2.45) is 5.73 Å². The van der Waals surface area contributed by atoms with Crippen LogP contribution in [0.4, 0.5) is 0 Å². The second-order valence-electron chi connectivity index (χ2n) is 4.74. The molecule has 0 aliphatic carbocycles. The summed E-state index contributed by atoms with van der Waals surface area (Å²) in [5.74, 6) is 1.66. The Morgan fingerprint density at radius 2 is 1.56 bits per heavy atom. The first-order chi connectivity index (χ1) is 7.66. The van der Waals surface area contributed by atoms with Gasteiger partial charge in [0.1, 0.15) is 0 Å². The van der Waals surface area contributed by atoms with E-state index in [-0.39, 0.29) is 6.04 Å². The Morgan fingerprint density at radius 1 is 1.00 bits per heavy atom. The van der Waals surface area contributed by atoms with Crippen molar-refractivity contribution in [2.45, 2.75) is 71.3 Å². The third kappa shape index (κ3) is 12.2. The molecule has 0 fully saturated rings. The first kappa shape index (κ1) is 16.1. The summed E-state index contributed by atoms with van der Waals surface area (Å²) in [5.41, 5.74) is 5.63. The van der Waals surface area contributed by atoms with E-state index < -0.39 is 10.8 Å². The van der Waals surface area contributed by atoms with E-state index in [0.29, 0.717) is 0 Å². The molecule has 2 nitrogen and oxygen atoms in total. The molecule has 2 unspecified atom stereocenters. The van der Waals surface area contributed by atoms with Crippen LogP contribution in [0.25, 0.3) is 0 Å². The van der Waals surface area contributed by atoms with Gasteiger partial charge in [-0.2, -0.15) is 0 Å². The van der Waals surface area contributed by atoms with Crippen molar-refractivity contribution in [3.05, 3.63) is 0 Å². The lowest BCUT2D eigenvalue weighted by atomic mass is 10.1. The molecule has 0 amide bonds. The van der Waals surface area contributed by atoms with E-state index in [0.717, 1.165) is 24.3 Å². The highest BCUT2D eigenvalue weighted by Crippen LogP contribution is 2.07. The fourth-order valence-corrected chi connectivity index (χ4v) is 3.00. The minimum absolute atomic E-state index is 0.193. The number of rotatable bonds is 11. The van der Waals surface area contributed by atoms with Crippen molar-refractivity contribution in [1.29, 1.82) is 0 Å². The summed E-state index contributed by atoms with van der Waals surface area (Å²) in [5, 5.41) is 0. The molecule has 3 heteroatoms. The van der Waals surface area contributed by atoms with E-state index in [9.17, 15) is 4.21 Å². The molecule has 0 heterocycles. The SMILES string of the molecule is CCCCCCCCCS(=O)CCC(C)N. The van der Waals surface area contributed by atoms with Crippen LogP contribution in [0, 0.1) is 0 Å². The molecule has 0 aromatic rings. The maximum atomic E-state index is 11.5. The highest BCUT2D eigenvalue weighted by atomic mass is 32.2. The first-order valence-corrected chi connectivity index (χ1v) is 8.26. The molecule has 2 atom stereocenters. The zero-order valence-corrected chi connectivity index (χ0v) is 11.9. The van der Waals surface area contributed by atoms with Crippen molar-refractivity contribution in [1.82, 2.24) is 0 Å². The largest absolute Gasteiger partial charge is 0.328 e. The van der Waals surface area contributed by atoms with Crippen LogP contribution in [0.3, 0.4) is 0 Å². The molecular formula is C13H29NOS. The summed E-state index contributed by atoms with van der Waals surface area (Å²) >= 11 is 0. The Kier molecular flexibility index (Phi) is 11.7. The molecule has 0 rings (SSSR count). The second-order valence-corrected chi connectivity index (χ2v) is 6.43. The van der Waals surface area contributed by atoms with Crippen molar-refractivity contribution in [3.63, 3.8) is 0 Å². The van der Waals surface area contributed by atoms with Gasteiger partial charge in [-0.05, 0) is 19.8 Å². The van der Waals surface area contributed by atoms with Gasteiger partial charge in [0.2, 0.25) is 0 Å². The number of hydrogen-bond acceptors (Lipinski definition) is 2. The highest BCUT2D eigenvalue weighted by molar-refractivity contribution is 7.84. The average Bonchev–Trinajstić information content (AvgIpc) is 2.25. The predicted molar refractivity (Wildman–Crippen MR) is 74.1 cm³/mol. The quantitative estimate of drug-likeness (QED) is 0.570. The zero-order valence-electron chi connectivity index (χ0n) is 11.0. The fourth-order valence-electron chi connectivity index (χ4n) is 1.64. The summed E-state index contributed by atoms with van der Waals surface area (Å²) in [6.45, 7) is 4.21. The molecule has 0 bridgehead atoms. The molecule has 0 saturated carbocycles. The van der Waals surface area contributed by atoms with Crippen LogP contribution in [0.2, 0.25) is 0 Å². The van der Waals surface area contributed by atoms with E-state index in [1.807, 2.05) is 6.92 Å². The van der Waals surface area contributed by atoms with Gasteiger partial charge in [0.05, 0.1) is 0 Å². The molecule has 0 saturated heterocycles.